The van der Waals surface area contributed by atoms with Crippen LogP contribution < -0.4 is 10.6 Å². The zero-order valence-electron chi connectivity index (χ0n) is 16.9. The van der Waals surface area contributed by atoms with Gasteiger partial charge in [-0.2, -0.15) is 0 Å². The van der Waals surface area contributed by atoms with Gasteiger partial charge in [0.05, 0.1) is 12.2 Å². The summed E-state index contributed by atoms with van der Waals surface area (Å²) in [4.78, 5) is 31.2. The number of rotatable bonds is 5. The number of urea groups is 1. The van der Waals surface area contributed by atoms with Crippen molar-refractivity contribution < 1.29 is 14.0 Å². The lowest BCUT2D eigenvalue weighted by Gasteiger charge is -2.31. The second kappa shape index (κ2) is 9.70. The van der Waals surface area contributed by atoms with Crippen molar-refractivity contribution in [2.75, 3.05) is 18.4 Å². The highest BCUT2D eigenvalue weighted by molar-refractivity contribution is 7.13. The molecule has 0 aliphatic carbocycles. The standard InChI is InChI=1S/C23H23FN4O2S/c24-18-7-4-8-19(13-18)27-23(30)28-11-9-16(10-12-28)21(29)25-14-20-15-31-22(26-20)17-5-2-1-3-6-17/h1-8,13,15-16H,9-12,14H2,(H,25,29)(H,27,30). The van der Waals surface area contributed by atoms with Crippen LogP contribution in [-0.2, 0) is 11.3 Å². The number of piperidine rings is 1. The maximum Gasteiger partial charge on any atom is 0.321 e. The van der Waals surface area contributed by atoms with Gasteiger partial charge >= 0.3 is 6.03 Å². The summed E-state index contributed by atoms with van der Waals surface area (Å²) in [7, 11) is 0. The molecule has 2 N–H and O–H groups in total. The van der Waals surface area contributed by atoms with Gasteiger partial charge in [-0.1, -0.05) is 36.4 Å². The molecule has 8 heteroatoms. The van der Waals surface area contributed by atoms with Crippen molar-refractivity contribution in [1.82, 2.24) is 15.2 Å². The lowest BCUT2D eigenvalue weighted by molar-refractivity contribution is -0.126. The maximum atomic E-state index is 13.3. The van der Waals surface area contributed by atoms with Crippen molar-refractivity contribution in [2.45, 2.75) is 19.4 Å². The van der Waals surface area contributed by atoms with Crippen LogP contribution in [0.2, 0.25) is 0 Å². The number of amides is 3. The molecule has 4 rings (SSSR count). The molecule has 3 aromatic rings. The predicted molar refractivity (Wildman–Crippen MR) is 119 cm³/mol. The Balaban J connectivity index is 1.23. The zero-order valence-corrected chi connectivity index (χ0v) is 17.7. The lowest BCUT2D eigenvalue weighted by atomic mass is 9.96. The molecule has 0 radical (unpaired) electrons. The number of nitrogens with zero attached hydrogens (tertiary/aromatic N) is 2. The average molecular weight is 439 g/mol. The summed E-state index contributed by atoms with van der Waals surface area (Å²) >= 11 is 1.56. The highest BCUT2D eigenvalue weighted by Gasteiger charge is 2.27. The molecule has 2 heterocycles. The number of halogens is 1. The van der Waals surface area contributed by atoms with Gasteiger partial charge in [-0.05, 0) is 31.0 Å². The zero-order chi connectivity index (χ0) is 21.6. The monoisotopic (exact) mass is 438 g/mol. The second-order valence-corrected chi connectivity index (χ2v) is 8.29. The molecule has 3 amide bonds. The second-order valence-electron chi connectivity index (χ2n) is 7.43. The van der Waals surface area contributed by atoms with Crippen LogP contribution in [0.5, 0.6) is 0 Å². The number of anilines is 1. The van der Waals surface area contributed by atoms with E-state index in [4.69, 9.17) is 0 Å². The Bertz CT molecular complexity index is 1050. The number of aromatic nitrogens is 1. The number of likely N-dealkylation sites (tertiary alicyclic amines) is 1. The molecule has 0 spiro atoms. The Kier molecular flexibility index (Phi) is 6.57. The summed E-state index contributed by atoms with van der Waals surface area (Å²) < 4.78 is 13.3. The molecule has 0 unspecified atom stereocenters. The molecule has 0 bridgehead atoms. The van der Waals surface area contributed by atoms with E-state index in [1.807, 2.05) is 35.7 Å². The van der Waals surface area contributed by atoms with Crippen LogP contribution >= 0.6 is 11.3 Å². The number of nitrogens with one attached hydrogen (secondary N) is 2. The van der Waals surface area contributed by atoms with Crippen LogP contribution in [0.15, 0.2) is 60.0 Å². The summed E-state index contributed by atoms with van der Waals surface area (Å²) in [5.41, 5.74) is 2.32. The molecule has 1 aliphatic heterocycles. The molecule has 0 saturated carbocycles. The minimum Gasteiger partial charge on any atom is -0.350 e. The first-order valence-corrected chi connectivity index (χ1v) is 11.1. The molecule has 31 heavy (non-hydrogen) atoms. The minimum atomic E-state index is -0.399. The van der Waals surface area contributed by atoms with Gasteiger partial charge in [0.25, 0.3) is 0 Å². The highest BCUT2D eigenvalue weighted by Crippen LogP contribution is 2.23. The van der Waals surface area contributed by atoms with E-state index in [-0.39, 0.29) is 17.9 Å². The first-order valence-electron chi connectivity index (χ1n) is 10.2. The molecule has 1 saturated heterocycles. The maximum absolute atomic E-state index is 13.3. The van der Waals surface area contributed by atoms with E-state index in [9.17, 15) is 14.0 Å². The smallest absolute Gasteiger partial charge is 0.321 e. The minimum absolute atomic E-state index is 0.0144. The van der Waals surface area contributed by atoms with Crippen molar-refractivity contribution in [2.24, 2.45) is 5.92 Å². The summed E-state index contributed by atoms with van der Waals surface area (Å²) in [6.45, 7) is 1.35. The van der Waals surface area contributed by atoms with E-state index in [2.05, 4.69) is 15.6 Å². The van der Waals surface area contributed by atoms with Gasteiger partial charge in [-0.25, -0.2) is 14.2 Å². The molecule has 1 aliphatic rings. The van der Waals surface area contributed by atoms with E-state index < -0.39 is 5.82 Å². The Morgan fingerprint density at radius 1 is 1.10 bits per heavy atom. The van der Waals surface area contributed by atoms with Crippen LogP contribution in [0, 0.1) is 11.7 Å². The molecular formula is C23H23FN4O2S. The van der Waals surface area contributed by atoms with E-state index in [0.29, 0.717) is 38.2 Å². The number of carbonyl (C=O) groups is 2. The number of hydrogen-bond acceptors (Lipinski definition) is 4. The van der Waals surface area contributed by atoms with Crippen molar-refractivity contribution in [3.8, 4) is 10.6 Å². The van der Waals surface area contributed by atoms with Gasteiger partial charge < -0.3 is 15.5 Å². The Labute approximate surface area is 184 Å². The third-order valence-corrected chi connectivity index (χ3v) is 6.19. The summed E-state index contributed by atoms with van der Waals surface area (Å²) in [6, 6.07) is 15.5. The van der Waals surface area contributed by atoms with E-state index >= 15 is 0 Å². The van der Waals surface area contributed by atoms with Crippen molar-refractivity contribution in [3.05, 3.63) is 71.5 Å². The van der Waals surface area contributed by atoms with Crippen molar-refractivity contribution in [3.63, 3.8) is 0 Å². The van der Waals surface area contributed by atoms with Crippen LogP contribution in [0.3, 0.4) is 0 Å². The van der Waals surface area contributed by atoms with Gasteiger partial charge in [0.2, 0.25) is 5.91 Å². The first kappa shape index (κ1) is 21.0. The third kappa shape index (κ3) is 5.46. The van der Waals surface area contributed by atoms with E-state index in [1.54, 1.807) is 28.4 Å². The van der Waals surface area contributed by atoms with E-state index in [0.717, 1.165) is 16.3 Å². The van der Waals surface area contributed by atoms with Gasteiger partial charge in [0.15, 0.2) is 0 Å². The molecular weight excluding hydrogens is 415 g/mol. The first-order chi connectivity index (χ1) is 15.1. The fourth-order valence-corrected chi connectivity index (χ4v) is 4.36. The molecule has 2 aromatic carbocycles. The topological polar surface area (TPSA) is 74.3 Å². The van der Waals surface area contributed by atoms with Crippen molar-refractivity contribution in [1.29, 1.82) is 0 Å². The normalized spacial score (nSPS) is 14.3. The highest BCUT2D eigenvalue weighted by atomic mass is 32.1. The molecule has 6 nitrogen and oxygen atoms in total. The number of hydrogen-bond donors (Lipinski definition) is 2. The Hall–Kier alpha value is -3.26. The van der Waals surface area contributed by atoms with Crippen LogP contribution in [0.25, 0.3) is 10.6 Å². The van der Waals surface area contributed by atoms with Gasteiger partial charge in [-0.3, -0.25) is 4.79 Å². The lowest BCUT2D eigenvalue weighted by Crippen LogP contribution is -2.44. The number of carbonyl (C=O) groups excluding carboxylic acids is 2. The SMILES string of the molecule is O=C(NCc1csc(-c2ccccc2)n1)C1CCN(C(=O)Nc2cccc(F)c2)CC1. The predicted octanol–water partition coefficient (Wildman–Crippen LogP) is 4.51. The van der Waals surface area contributed by atoms with Crippen molar-refractivity contribution >= 4 is 29.0 Å². The fourth-order valence-electron chi connectivity index (χ4n) is 3.54. The van der Waals surface area contributed by atoms with Gasteiger partial charge in [0.1, 0.15) is 10.8 Å². The van der Waals surface area contributed by atoms with E-state index in [1.165, 1.54) is 12.1 Å². The average Bonchev–Trinajstić information content (AvgIpc) is 3.27. The largest absolute Gasteiger partial charge is 0.350 e. The Morgan fingerprint density at radius 2 is 1.87 bits per heavy atom. The summed E-state index contributed by atoms with van der Waals surface area (Å²) in [5.74, 6) is -0.547. The molecule has 0 atom stereocenters. The Morgan fingerprint density at radius 3 is 2.61 bits per heavy atom. The molecule has 1 fully saturated rings. The van der Waals surface area contributed by atoms with Gasteiger partial charge in [0, 0.05) is 35.6 Å². The molecule has 160 valence electrons. The van der Waals surface area contributed by atoms with Crippen LogP contribution in [-0.4, -0.2) is 34.9 Å². The quantitative estimate of drug-likeness (QED) is 0.616. The number of benzene rings is 2. The fraction of sp³-hybridized carbons (Fsp3) is 0.261. The van der Waals surface area contributed by atoms with Crippen LogP contribution in [0.4, 0.5) is 14.9 Å². The molecule has 1 aromatic heterocycles. The number of thiazole rings is 1. The van der Waals surface area contributed by atoms with Gasteiger partial charge in [-0.15, -0.1) is 11.3 Å². The van der Waals surface area contributed by atoms with Crippen LogP contribution in [0.1, 0.15) is 18.5 Å². The summed E-state index contributed by atoms with van der Waals surface area (Å²) in [5, 5.41) is 8.56. The third-order valence-electron chi connectivity index (χ3n) is 5.25. The summed E-state index contributed by atoms with van der Waals surface area (Å²) in [6.07, 6.45) is 1.18.